The first kappa shape index (κ1) is 12.1. The molecule has 1 heterocycles. The van der Waals surface area contributed by atoms with Crippen molar-refractivity contribution in [2.75, 3.05) is 6.54 Å². The van der Waals surface area contributed by atoms with Crippen LogP contribution in [0.15, 0.2) is 24.3 Å². The Kier molecular flexibility index (Phi) is 3.76. The normalized spacial score (nSPS) is 24.5. The zero-order chi connectivity index (χ0) is 12.3. The Morgan fingerprint density at radius 2 is 2.12 bits per heavy atom. The van der Waals surface area contributed by atoms with Crippen LogP contribution < -0.4 is 11.1 Å². The van der Waals surface area contributed by atoms with Gasteiger partial charge >= 0.3 is 5.97 Å². The maximum absolute atomic E-state index is 11.0. The van der Waals surface area contributed by atoms with E-state index in [1.165, 1.54) is 5.56 Å². The predicted molar refractivity (Wildman–Crippen MR) is 65.7 cm³/mol. The molecule has 0 aromatic heterocycles. The summed E-state index contributed by atoms with van der Waals surface area (Å²) in [7, 11) is 0. The van der Waals surface area contributed by atoms with Gasteiger partial charge in [0.15, 0.2) is 0 Å². The van der Waals surface area contributed by atoms with Gasteiger partial charge in [-0.3, -0.25) is 4.79 Å². The highest BCUT2D eigenvalue weighted by molar-refractivity contribution is 5.73. The van der Waals surface area contributed by atoms with Crippen molar-refractivity contribution >= 4 is 5.97 Å². The van der Waals surface area contributed by atoms with Crippen molar-refractivity contribution < 1.29 is 9.90 Å². The average Bonchev–Trinajstić information content (AvgIpc) is 2.39. The summed E-state index contributed by atoms with van der Waals surface area (Å²) in [5, 5.41) is 12.0. The minimum absolute atomic E-state index is 0.337. The largest absolute Gasteiger partial charge is 0.480 e. The first-order chi connectivity index (χ1) is 8.20. The maximum atomic E-state index is 11.0. The van der Waals surface area contributed by atoms with Gasteiger partial charge in [-0.25, -0.2) is 0 Å². The fourth-order valence-corrected chi connectivity index (χ4v) is 2.33. The number of piperidine rings is 1. The van der Waals surface area contributed by atoms with E-state index in [1.54, 1.807) is 0 Å². The molecule has 0 saturated carbocycles. The Morgan fingerprint density at radius 1 is 1.41 bits per heavy atom. The molecule has 17 heavy (non-hydrogen) atoms. The summed E-state index contributed by atoms with van der Waals surface area (Å²) in [6, 6.07) is 7.76. The van der Waals surface area contributed by atoms with E-state index in [9.17, 15) is 4.79 Å². The number of aliphatic carboxylic acids is 1. The third-order valence-corrected chi connectivity index (χ3v) is 3.39. The summed E-state index contributed by atoms with van der Waals surface area (Å²) in [6.07, 6.45) is 1.66. The molecule has 92 valence electrons. The van der Waals surface area contributed by atoms with E-state index in [0.717, 1.165) is 18.5 Å². The molecule has 4 heteroatoms. The van der Waals surface area contributed by atoms with Gasteiger partial charge in [0.2, 0.25) is 0 Å². The highest BCUT2D eigenvalue weighted by Crippen LogP contribution is 2.27. The van der Waals surface area contributed by atoms with Gasteiger partial charge in [-0.1, -0.05) is 24.3 Å². The molecule has 2 atom stereocenters. The highest BCUT2D eigenvalue weighted by Gasteiger charge is 2.27. The highest BCUT2D eigenvalue weighted by atomic mass is 16.4. The lowest BCUT2D eigenvalue weighted by molar-refractivity contribution is -0.140. The molecule has 4 N–H and O–H groups in total. The van der Waals surface area contributed by atoms with Gasteiger partial charge in [0.25, 0.3) is 0 Å². The van der Waals surface area contributed by atoms with Gasteiger partial charge in [0, 0.05) is 6.54 Å². The SMILES string of the molecule is NCc1ccc(C2CCNC(C(=O)O)C2)cc1. The van der Waals surface area contributed by atoms with E-state index in [4.69, 9.17) is 10.8 Å². The maximum Gasteiger partial charge on any atom is 0.320 e. The summed E-state index contributed by atoms with van der Waals surface area (Å²) < 4.78 is 0. The monoisotopic (exact) mass is 234 g/mol. The van der Waals surface area contributed by atoms with Crippen molar-refractivity contribution in [3.05, 3.63) is 35.4 Å². The number of nitrogens with two attached hydrogens (primary N) is 1. The van der Waals surface area contributed by atoms with Crippen LogP contribution in [0.4, 0.5) is 0 Å². The van der Waals surface area contributed by atoms with Crippen molar-refractivity contribution in [2.45, 2.75) is 31.3 Å². The van der Waals surface area contributed by atoms with Crippen molar-refractivity contribution in [2.24, 2.45) is 5.73 Å². The lowest BCUT2D eigenvalue weighted by Gasteiger charge is -2.28. The molecule has 2 rings (SSSR count). The van der Waals surface area contributed by atoms with Crippen LogP contribution in [0.25, 0.3) is 0 Å². The summed E-state index contributed by atoms with van der Waals surface area (Å²) >= 11 is 0. The van der Waals surface area contributed by atoms with E-state index in [0.29, 0.717) is 18.9 Å². The molecular formula is C13H18N2O2. The molecule has 1 saturated heterocycles. The number of nitrogens with one attached hydrogen (secondary N) is 1. The lowest BCUT2D eigenvalue weighted by Crippen LogP contribution is -2.42. The quantitative estimate of drug-likeness (QED) is 0.731. The standard InChI is InChI=1S/C13H18N2O2/c14-8-9-1-3-10(4-2-9)11-5-6-15-12(7-11)13(16)17/h1-4,11-12,15H,5-8,14H2,(H,16,17). The number of benzene rings is 1. The Balaban J connectivity index is 2.08. The molecule has 1 aromatic rings. The number of hydrogen-bond donors (Lipinski definition) is 3. The van der Waals surface area contributed by atoms with E-state index in [1.807, 2.05) is 12.1 Å². The van der Waals surface area contributed by atoms with E-state index in [-0.39, 0.29) is 0 Å². The molecule has 2 unspecified atom stereocenters. The van der Waals surface area contributed by atoms with E-state index < -0.39 is 12.0 Å². The van der Waals surface area contributed by atoms with E-state index in [2.05, 4.69) is 17.4 Å². The fraction of sp³-hybridized carbons (Fsp3) is 0.462. The minimum Gasteiger partial charge on any atom is -0.480 e. The number of carbonyl (C=O) groups is 1. The molecule has 0 spiro atoms. The van der Waals surface area contributed by atoms with Crippen LogP contribution in [-0.2, 0) is 11.3 Å². The average molecular weight is 234 g/mol. The van der Waals surface area contributed by atoms with Gasteiger partial charge in [-0.2, -0.15) is 0 Å². The lowest BCUT2D eigenvalue weighted by atomic mass is 9.86. The smallest absolute Gasteiger partial charge is 0.320 e. The van der Waals surface area contributed by atoms with Crippen molar-refractivity contribution in [3.63, 3.8) is 0 Å². The molecule has 0 bridgehead atoms. The number of carboxylic acid groups (broad SMARTS) is 1. The second-order valence-electron chi connectivity index (χ2n) is 4.51. The van der Waals surface area contributed by atoms with Gasteiger partial charge in [0.05, 0.1) is 0 Å². The molecule has 0 amide bonds. The zero-order valence-corrected chi connectivity index (χ0v) is 9.73. The van der Waals surface area contributed by atoms with Gasteiger partial charge in [-0.05, 0) is 36.4 Å². The predicted octanol–water partition coefficient (Wildman–Crippen LogP) is 1.07. The first-order valence-corrected chi connectivity index (χ1v) is 5.96. The Hall–Kier alpha value is -1.39. The third-order valence-electron chi connectivity index (χ3n) is 3.39. The number of hydrogen-bond acceptors (Lipinski definition) is 3. The molecule has 1 aromatic carbocycles. The molecule has 1 aliphatic rings. The summed E-state index contributed by atoms with van der Waals surface area (Å²) in [6.45, 7) is 1.31. The van der Waals surface area contributed by atoms with Gasteiger partial charge in [0.1, 0.15) is 6.04 Å². The van der Waals surface area contributed by atoms with Crippen LogP contribution in [-0.4, -0.2) is 23.7 Å². The van der Waals surface area contributed by atoms with Crippen molar-refractivity contribution in [1.29, 1.82) is 0 Å². The topological polar surface area (TPSA) is 75.3 Å². The Bertz CT molecular complexity index is 389. The Morgan fingerprint density at radius 3 is 2.71 bits per heavy atom. The minimum atomic E-state index is -0.756. The van der Waals surface area contributed by atoms with Crippen LogP contribution >= 0.6 is 0 Å². The number of carboxylic acids is 1. The summed E-state index contributed by atoms with van der Waals surface area (Å²) in [5.41, 5.74) is 7.88. The van der Waals surface area contributed by atoms with Crippen LogP contribution in [0.3, 0.4) is 0 Å². The van der Waals surface area contributed by atoms with Crippen LogP contribution in [0, 0.1) is 0 Å². The second-order valence-corrected chi connectivity index (χ2v) is 4.51. The first-order valence-electron chi connectivity index (χ1n) is 5.96. The fourth-order valence-electron chi connectivity index (χ4n) is 2.33. The number of rotatable bonds is 3. The molecule has 1 fully saturated rings. The van der Waals surface area contributed by atoms with E-state index >= 15 is 0 Å². The third kappa shape index (κ3) is 2.84. The molecule has 0 aliphatic carbocycles. The molecule has 0 radical (unpaired) electrons. The van der Waals surface area contributed by atoms with Crippen LogP contribution in [0.2, 0.25) is 0 Å². The van der Waals surface area contributed by atoms with Gasteiger partial charge < -0.3 is 16.2 Å². The zero-order valence-electron chi connectivity index (χ0n) is 9.73. The van der Waals surface area contributed by atoms with Crippen molar-refractivity contribution in [1.82, 2.24) is 5.32 Å². The summed E-state index contributed by atoms with van der Waals surface area (Å²) in [5.74, 6) is -0.419. The molecule has 4 nitrogen and oxygen atoms in total. The summed E-state index contributed by atoms with van der Waals surface area (Å²) in [4.78, 5) is 11.0. The van der Waals surface area contributed by atoms with Crippen molar-refractivity contribution in [3.8, 4) is 0 Å². The second kappa shape index (κ2) is 5.29. The molecular weight excluding hydrogens is 216 g/mol. The molecule has 1 aliphatic heterocycles. The van der Waals surface area contributed by atoms with Crippen LogP contribution in [0.5, 0.6) is 0 Å². The van der Waals surface area contributed by atoms with Gasteiger partial charge in [-0.15, -0.1) is 0 Å². The Labute approximate surface area is 101 Å². The van der Waals surface area contributed by atoms with Crippen LogP contribution in [0.1, 0.15) is 29.9 Å².